The summed E-state index contributed by atoms with van der Waals surface area (Å²) < 4.78 is 10.5. The molecule has 0 spiro atoms. The van der Waals surface area contributed by atoms with Crippen molar-refractivity contribution in [2.75, 3.05) is 27.3 Å². The van der Waals surface area contributed by atoms with Gasteiger partial charge in [-0.2, -0.15) is 0 Å². The lowest BCUT2D eigenvalue weighted by molar-refractivity contribution is 0.0456. The Morgan fingerprint density at radius 1 is 1.28 bits per heavy atom. The zero-order valence-electron chi connectivity index (χ0n) is 11.6. The van der Waals surface area contributed by atoms with Crippen LogP contribution in [0.25, 0.3) is 0 Å². The Kier molecular flexibility index (Phi) is 5.44. The van der Waals surface area contributed by atoms with Crippen molar-refractivity contribution in [1.29, 1.82) is 0 Å². The van der Waals surface area contributed by atoms with Crippen molar-refractivity contribution >= 4 is 0 Å². The van der Waals surface area contributed by atoms with Crippen LogP contribution in [0.2, 0.25) is 0 Å². The summed E-state index contributed by atoms with van der Waals surface area (Å²) >= 11 is 0. The Hall–Kier alpha value is -1.26. The highest BCUT2D eigenvalue weighted by molar-refractivity contribution is 5.43. The van der Waals surface area contributed by atoms with E-state index in [1.54, 1.807) is 27.2 Å². The van der Waals surface area contributed by atoms with E-state index in [1.807, 2.05) is 19.1 Å². The Morgan fingerprint density at radius 2 is 2.00 bits per heavy atom. The molecule has 0 heterocycles. The summed E-state index contributed by atoms with van der Waals surface area (Å²) in [5, 5.41) is 13.7. The third-order valence-corrected chi connectivity index (χ3v) is 3.03. The van der Waals surface area contributed by atoms with Crippen LogP contribution in [0.4, 0.5) is 0 Å². The van der Waals surface area contributed by atoms with Crippen LogP contribution in [0.5, 0.6) is 11.5 Å². The maximum absolute atomic E-state index is 10.5. The monoisotopic (exact) mass is 253 g/mol. The molecular weight excluding hydrogens is 230 g/mol. The largest absolute Gasteiger partial charge is 0.497 e. The molecule has 1 aromatic rings. The number of rotatable bonds is 7. The van der Waals surface area contributed by atoms with Gasteiger partial charge in [-0.1, -0.05) is 6.92 Å². The predicted octanol–water partition coefficient (Wildman–Crippen LogP) is 1.91. The van der Waals surface area contributed by atoms with E-state index in [0.717, 1.165) is 24.4 Å². The minimum absolute atomic E-state index is 0.629. The first-order chi connectivity index (χ1) is 8.55. The molecule has 0 aliphatic rings. The molecule has 0 amide bonds. The summed E-state index contributed by atoms with van der Waals surface area (Å²) in [6.07, 6.45) is 0.629. The zero-order valence-corrected chi connectivity index (χ0v) is 11.6. The molecule has 0 bridgehead atoms. The van der Waals surface area contributed by atoms with E-state index in [-0.39, 0.29) is 0 Å². The van der Waals surface area contributed by atoms with Gasteiger partial charge in [-0.05, 0) is 38.6 Å². The molecule has 0 aliphatic carbocycles. The Labute approximate surface area is 109 Å². The fraction of sp³-hybridized carbons (Fsp3) is 0.571. The number of aliphatic hydroxyl groups is 1. The van der Waals surface area contributed by atoms with Crippen LogP contribution in [0, 0.1) is 0 Å². The van der Waals surface area contributed by atoms with Crippen molar-refractivity contribution in [2.45, 2.75) is 25.9 Å². The third-order valence-electron chi connectivity index (χ3n) is 3.03. The molecule has 2 N–H and O–H groups in total. The standard InChI is InChI=1S/C14H23NO3/c1-5-15-9-8-14(2,16)12-7-6-11(17-3)10-13(12)18-4/h6-7,10,15-16H,5,8-9H2,1-4H3. The van der Waals surface area contributed by atoms with Crippen LogP contribution in [0.1, 0.15) is 25.8 Å². The summed E-state index contributed by atoms with van der Waals surface area (Å²) in [7, 11) is 3.20. The smallest absolute Gasteiger partial charge is 0.128 e. The van der Waals surface area contributed by atoms with Gasteiger partial charge < -0.3 is 19.9 Å². The van der Waals surface area contributed by atoms with E-state index in [2.05, 4.69) is 5.32 Å². The van der Waals surface area contributed by atoms with Crippen molar-refractivity contribution in [3.8, 4) is 11.5 Å². The van der Waals surface area contributed by atoms with Crippen molar-refractivity contribution in [1.82, 2.24) is 5.32 Å². The molecule has 1 aromatic carbocycles. The molecule has 0 radical (unpaired) electrons. The number of benzene rings is 1. The van der Waals surface area contributed by atoms with E-state index >= 15 is 0 Å². The minimum Gasteiger partial charge on any atom is -0.497 e. The molecule has 4 heteroatoms. The lowest BCUT2D eigenvalue weighted by Crippen LogP contribution is -2.28. The van der Waals surface area contributed by atoms with Crippen LogP contribution in [0.3, 0.4) is 0 Å². The second kappa shape index (κ2) is 6.61. The van der Waals surface area contributed by atoms with E-state index in [0.29, 0.717) is 12.2 Å². The normalized spacial score (nSPS) is 14.1. The molecule has 0 aromatic heterocycles. The van der Waals surface area contributed by atoms with Gasteiger partial charge in [-0.25, -0.2) is 0 Å². The molecule has 1 unspecified atom stereocenters. The third kappa shape index (κ3) is 3.62. The van der Waals surface area contributed by atoms with Gasteiger partial charge in [0.2, 0.25) is 0 Å². The quantitative estimate of drug-likeness (QED) is 0.729. The number of hydrogen-bond donors (Lipinski definition) is 2. The average molecular weight is 253 g/mol. The maximum atomic E-state index is 10.5. The molecule has 0 aliphatic heterocycles. The lowest BCUT2D eigenvalue weighted by Gasteiger charge is -2.26. The molecule has 18 heavy (non-hydrogen) atoms. The highest BCUT2D eigenvalue weighted by Gasteiger charge is 2.26. The van der Waals surface area contributed by atoms with Gasteiger partial charge in [0.15, 0.2) is 0 Å². The van der Waals surface area contributed by atoms with Gasteiger partial charge in [-0.3, -0.25) is 0 Å². The van der Waals surface area contributed by atoms with Gasteiger partial charge in [0.1, 0.15) is 11.5 Å². The molecule has 102 valence electrons. The fourth-order valence-electron chi connectivity index (χ4n) is 1.89. The first-order valence-corrected chi connectivity index (χ1v) is 6.20. The number of hydrogen-bond acceptors (Lipinski definition) is 4. The highest BCUT2D eigenvalue weighted by atomic mass is 16.5. The van der Waals surface area contributed by atoms with Crippen molar-refractivity contribution < 1.29 is 14.6 Å². The van der Waals surface area contributed by atoms with Crippen LogP contribution in [-0.4, -0.2) is 32.4 Å². The summed E-state index contributed by atoms with van der Waals surface area (Å²) in [6, 6.07) is 5.47. The summed E-state index contributed by atoms with van der Waals surface area (Å²) in [6.45, 7) is 5.51. The molecule has 4 nitrogen and oxygen atoms in total. The van der Waals surface area contributed by atoms with Gasteiger partial charge in [-0.15, -0.1) is 0 Å². The van der Waals surface area contributed by atoms with Crippen LogP contribution < -0.4 is 14.8 Å². The zero-order chi connectivity index (χ0) is 13.6. The molecular formula is C14H23NO3. The Balaban J connectivity index is 2.92. The lowest BCUT2D eigenvalue weighted by atomic mass is 9.91. The van der Waals surface area contributed by atoms with Gasteiger partial charge in [0.05, 0.1) is 19.8 Å². The molecule has 1 rings (SSSR count). The molecule has 0 fully saturated rings. The molecule has 0 saturated heterocycles. The molecule has 0 saturated carbocycles. The Bertz CT molecular complexity index is 377. The van der Waals surface area contributed by atoms with Crippen molar-refractivity contribution in [3.63, 3.8) is 0 Å². The fourth-order valence-corrected chi connectivity index (χ4v) is 1.89. The van der Waals surface area contributed by atoms with Gasteiger partial charge in [0, 0.05) is 11.6 Å². The predicted molar refractivity (Wildman–Crippen MR) is 72.3 cm³/mol. The maximum Gasteiger partial charge on any atom is 0.128 e. The van der Waals surface area contributed by atoms with Crippen LogP contribution in [-0.2, 0) is 5.60 Å². The van der Waals surface area contributed by atoms with E-state index in [4.69, 9.17) is 9.47 Å². The first kappa shape index (κ1) is 14.8. The summed E-state index contributed by atoms with van der Waals surface area (Å²) in [4.78, 5) is 0. The van der Waals surface area contributed by atoms with Gasteiger partial charge >= 0.3 is 0 Å². The summed E-state index contributed by atoms with van der Waals surface area (Å²) in [5.41, 5.74) is -0.136. The average Bonchev–Trinajstić information content (AvgIpc) is 2.38. The second-order valence-corrected chi connectivity index (χ2v) is 4.44. The van der Waals surface area contributed by atoms with E-state index in [1.165, 1.54) is 0 Å². The number of ether oxygens (including phenoxy) is 2. The van der Waals surface area contributed by atoms with Crippen LogP contribution >= 0.6 is 0 Å². The second-order valence-electron chi connectivity index (χ2n) is 4.44. The van der Waals surface area contributed by atoms with Crippen LogP contribution in [0.15, 0.2) is 18.2 Å². The summed E-state index contributed by atoms with van der Waals surface area (Å²) in [5.74, 6) is 1.37. The minimum atomic E-state index is -0.917. The first-order valence-electron chi connectivity index (χ1n) is 6.20. The highest BCUT2D eigenvalue weighted by Crippen LogP contribution is 2.34. The van der Waals surface area contributed by atoms with Gasteiger partial charge in [0.25, 0.3) is 0 Å². The van der Waals surface area contributed by atoms with Crippen molar-refractivity contribution in [3.05, 3.63) is 23.8 Å². The number of nitrogens with one attached hydrogen (secondary N) is 1. The van der Waals surface area contributed by atoms with E-state index in [9.17, 15) is 5.11 Å². The SMILES string of the molecule is CCNCCC(C)(O)c1ccc(OC)cc1OC. The topological polar surface area (TPSA) is 50.7 Å². The van der Waals surface area contributed by atoms with Crippen molar-refractivity contribution in [2.24, 2.45) is 0 Å². The molecule has 1 atom stereocenters. The van der Waals surface area contributed by atoms with E-state index < -0.39 is 5.60 Å². The Morgan fingerprint density at radius 3 is 2.56 bits per heavy atom. The number of methoxy groups -OCH3 is 2.